The first-order valence-corrected chi connectivity index (χ1v) is 6.26. The van der Waals surface area contributed by atoms with Gasteiger partial charge < -0.3 is 15.5 Å². The van der Waals surface area contributed by atoms with E-state index in [0.717, 1.165) is 13.1 Å². The van der Waals surface area contributed by atoms with Crippen LogP contribution in [0.1, 0.15) is 23.5 Å². The van der Waals surface area contributed by atoms with Gasteiger partial charge in [0.2, 0.25) is 5.91 Å². The standard InChI is InChI=1S/C11H18N6O2/c1-3-13-10(18)7-16(2)11(19)9-6-17(15-14-9)8-4-12-5-8/h6,8,12H,3-5,7H2,1-2H3,(H,13,18). The minimum Gasteiger partial charge on any atom is -0.355 e. The maximum absolute atomic E-state index is 12.0. The van der Waals surface area contributed by atoms with Gasteiger partial charge in [0, 0.05) is 26.7 Å². The minimum absolute atomic E-state index is 0.0184. The summed E-state index contributed by atoms with van der Waals surface area (Å²) in [5.41, 5.74) is 0.263. The van der Waals surface area contributed by atoms with E-state index in [1.165, 1.54) is 4.90 Å². The summed E-state index contributed by atoms with van der Waals surface area (Å²) < 4.78 is 1.68. The highest BCUT2D eigenvalue weighted by atomic mass is 16.2. The van der Waals surface area contributed by atoms with Crippen LogP contribution >= 0.6 is 0 Å². The molecule has 1 aromatic rings. The molecule has 2 amide bonds. The molecule has 0 unspecified atom stereocenters. The van der Waals surface area contributed by atoms with Crippen LogP contribution in [0.2, 0.25) is 0 Å². The van der Waals surface area contributed by atoms with E-state index in [-0.39, 0.29) is 30.1 Å². The Balaban J connectivity index is 1.94. The van der Waals surface area contributed by atoms with Crippen molar-refractivity contribution < 1.29 is 9.59 Å². The topological polar surface area (TPSA) is 92.2 Å². The number of nitrogens with one attached hydrogen (secondary N) is 2. The molecule has 0 aromatic carbocycles. The molecule has 2 rings (SSSR count). The van der Waals surface area contributed by atoms with Crippen molar-refractivity contribution in [1.82, 2.24) is 30.5 Å². The first-order chi connectivity index (χ1) is 9.11. The van der Waals surface area contributed by atoms with E-state index in [0.29, 0.717) is 6.54 Å². The highest BCUT2D eigenvalue weighted by molar-refractivity contribution is 5.94. The summed E-state index contributed by atoms with van der Waals surface area (Å²) in [5.74, 6) is -0.487. The number of rotatable bonds is 5. The van der Waals surface area contributed by atoms with Gasteiger partial charge in [0.15, 0.2) is 5.69 Å². The normalized spacial score (nSPS) is 14.8. The number of likely N-dealkylation sites (N-methyl/N-ethyl adjacent to an activating group) is 2. The van der Waals surface area contributed by atoms with Crippen molar-refractivity contribution in [3.05, 3.63) is 11.9 Å². The van der Waals surface area contributed by atoms with Gasteiger partial charge in [-0.05, 0) is 6.92 Å². The zero-order valence-corrected chi connectivity index (χ0v) is 11.1. The summed E-state index contributed by atoms with van der Waals surface area (Å²) in [6.45, 7) is 4.08. The van der Waals surface area contributed by atoms with Crippen LogP contribution in [-0.4, -0.2) is 64.9 Å². The maximum atomic E-state index is 12.0. The molecular formula is C11H18N6O2. The molecule has 0 radical (unpaired) electrons. The van der Waals surface area contributed by atoms with Gasteiger partial charge in [-0.15, -0.1) is 5.10 Å². The lowest BCUT2D eigenvalue weighted by Crippen LogP contribution is -2.43. The second-order valence-corrected chi connectivity index (χ2v) is 4.51. The second kappa shape index (κ2) is 5.79. The van der Waals surface area contributed by atoms with E-state index in [1.807, 2.05) is 6.92 Å². The number of hydrogen-bond acceptors (Lipinski definition) is 5. The van der Waals surface area contributed by atoms with E-state index in [2.05, 4.69) is 20.9 Å². The first kappa shape index (κ1) is 13.5. The molecule has 1 aliphatic rings. The van der Waals surface area contributed by atoms with Crippen LogP contribution < -0.4 is 10.6 Å². The maximum Gasteiger partial charge on any atom is 0.276 e. The average Bonchev–Trinajstić information content (AvgIpc) is 2.75. The molecule has 1 saturated heterocycles. The Bertz CT molecular complexity index is 468. The number of hydrogen-bond donors (Lipinski definition) is 2. The van der Waals surface area contributed by atoms with Crippen molar-refractivity contribution >= 4 is 11.8 Å². The van der Waals surface area contributed by atoms with E-state index in [4.69, 9.17) is 0 Å². The molecule has 8 nitrogen and oxygen atoms in total. The van der Waals surface area contributed by atoms with Crippen molar-refractivity contribution in [2.45, 2.75) is 13.0 Å². The lowest BCUT2D eigenvalue weighted by atomic mass is 10.2. The average molecular weight is 266 g/mol. The number of nitrogens with zero attached hydrogens (tertiary/aromatic N) is 4. The molecule has 1 fully saturated rings. The summed E-state index contributed by atoms with van der Waals surface area (Å²) in [6, 6.07) is 0.266. The molecule has 0 aliphatic carbocycles. The predicted octanol–water partition coefficient (Wildman–Crippen LogP) is -1.37. The van der Waals surface area contributed by atoms with Gasteiger partial charge in [-0.25, -0.2) is 4.68 Å². The Kier molecular flexibility index (Phi) is 4.10. The molecule has 0 saturated carbocycles. The van der Waals surface area contributed by atoms with Crippen LogP contribution in [0.3, 0.4) is 0 Å². The summed E-state index contributed by atoms with van der Waals surface area (Å²) in [7, 11) is 1.57. The fourth-order valence-electron chi connectivity index (χ4n) is 1.75. The van der Waals surface area contributed by atoms with Gasteiger partial charge in [0.1, 0.15) is 0 Å². The highest BCUT2D eigenvalue weighted by Gasteiger charge is 2.23. The van der Waals surface area contributed by atoms with E-state index < -0.39 is 0 Å². The fourth-order valence-corrected chi connectivity index (χ4v) is 1.75. The highest BCUT2D eigenvalue weighted by Crippen LogP contribution is 2.10. The van der Waals surface area contributed by atoms with E-state index in [1.54, 1.807) is 17.9 Å². The number of carbonyl (C=O) groups excluding carboxylic acids is 2. The lowest BCUT2D eigenvalue weighted by Gasteiger charge is -2.26. The fraction of sp³-hybridized carbons (Fsp3) is 0.636. The van der Waals surface area contributed by atoms with Crippen molar-refractivity contribution in [3.63, 3.8) is 0 Å². The molecule has 0 bridgehead atoms. The second-order valence-electron chi connectivity index (χ2n) is 4.51. The van der Waals surface area contributed by atoms with Gasteiger partial charge in [-0.1, -0.05) is 5.21 Å². The molecule has 0 spiro atoms. The predicted molar refractivity (Wildman–Crippen MR) is 67.6 cm³/mol. The monoisotopic (exact) mass is 266 g/mol. The summed E-state index contributed by atoms with van der Waals surface area (Å²) in [5, 5.41) is 13.6. The third-order valence-electron chi connectivity index (χ3n) is 2.96. The van der Waals surface area contributed by atoms with E-state index >= 15 is 0 Å². The zero-order chi connectivity index (χ0) is 13.8. The van der Waals surface area contributed by atoms with Crippen molar-refractivity contribution in [2.75, 3.05) is 33.2 Å². The van der Waals surface area contributed by atoms with Gasteiger partial charge >= 0.3 is 0 Å². The quantitative estimate of drug-likeness (QED) is 0.686. The van der Waals surface area contributed by atoms with Gasteiger partial charge in [-0.2, -0.15) is 0 Å². The lowest BCUT2D eigenvalue weighted by molar-refractivity contribution is -0.121. The smallest absolute Gasteiger partial charge is 0.276 e. The molecule has 0 atom stereocenters. The molecule has 1 aromatic heterocycles. The molecule has 104 valence electrons. The number of aromatic nitrogens is 3. The van der Waals surface area contributed by atoms with E-state index in [9.17, 15) is 9.59 Å². The minimum atomic E-state index is -0.301. The van der Waals surface area contributed by atoms with Crippen LogP contribution in [0, 0.1) is 0 Å². The Morgan fingerprint density at radius 1 is 1.58 bits per heavy atom. The number of carbonyl (C=O) groups is 2. The van der Waals surface area contributed by atoms with Gasteiger partial charge in [0.25, 0.3) is 5.91 Å². The summed E-state index contributed by atoms with van der Waals surface area (Å²) in [6.07, 6.45) is 1.63. The van der Waals surface area contributed by atoms with Crippen LogP contribution in [0.5, 0.6) is 0 Å². The molecular weight excluding hydrogens is 248 g/mol. The molecule has 1 aliphatic heterocycles. The molecule has 8 heteroatoms. The third-order valence-corrected chi connectivity index (χ3v) is 2.96. The number of amides is 2. The molecule has 2 N–H and O–H groups in total. The van der Waals surface area contributed by atoms with Crippen molar-refractivity contribution in [3.8, 4) is 0 Å². The Hall–Kier alpha value is -1.96. The van der Waals surface area contributed by atoms with Crippen molar-refractivity contribution in [1.29, 1.82) is 0 Å². The Morgan fingerprint density at radius 2 is 2.32 bits per heavy atom. The zero-order valence-electron chi connectivity index (χ0n) is 11.1. The van der Waals surface area contributed by atoms with Crippen LogP contribution in [0.15, 0.2) is 6.20 Å². The summed E-state index contributed by atoms with van der Waals surface area (Å²) >= 11 is 0. The van der Waals surface area contributed by atoms with Crippen LogP contribution in [0.25, 0.3) is 0 Å². The Morgan fingerprint density at radius 3 is 2.89 bits per heavy atom. The van der Waals surface area contributed by atoms with Gasteiger partial charge in [0.05, 0.1) is 18.8 Å². The van der Waals surface area contributed by atoms with Gasteiger partial charge in [-0.3, -0.25) is 9.59 Å². The first-order valence-electron chi connectivity index (χ1n) is 6.26. The Labute approximate surface area is 111 Å². The third kappa shape index (κ3) is 3.08. The van der Waals surface area contributed by atoms with Crippen molar-refractivity contribution in [2.24, 2.45) is 0 Å². The van der Waals surface area contributed by atoms with Crippen LogP contribution in [0.4, 0.5) is 0 Å². The summed E-state index contributed by atoms with van der Waals surface area (Å²) in [4.78, 5) is 24.8. The molecule has 2 heterocycles. The SMILES string of the molecule is CCNC(=O)CN(C)C(=O)c1cn(C2CNC2)nn1. The molecule has 19 heavy (non-hydrogen) atoms. The largest absolute Gasteiger partial charge is 0.355 e. The van der Waals surface area contributed by atoms with Crippen LogP contribution in [-0.2, 0) is 4.79 Å².